The normalized spacial score (nSPS) is 12.6. The molecule has 0 heterocycles. The second-order valence-electron chi connectivity index (χ2n) is 4.01. The fraction of sp³-hybridized carbons (Fsp3) is 0.917. The summed E-state index contributed by atoms with van der Waals surface area (Å²) in [6.45, 7) is 6.72. The first kappa shape index (κ1) is 21.8. The molecule has 0 fully saturated rings. The van der Waals surface area contributed by atoms with Gasteiger partial charge in [0.25, 0.3) is 0 Å². The largest absolute Gasteiger partial charge is 0.469 e. The van der Waals surface area contributed by atoms with E-state index in [2.05, 4.69) is 4.74 Å². The summed E-state index contributed by atoms with van der Waals surface area (Å²) in [6, 6.07) is 0. The fourth-order valence-electron chi connectivity index (χ4n) is 1.77. The number of carbonyl (C=O) groups is 1. The van der Waals surface area contributed by atoms with E-state index in [0.29, 0.717) is 0 Å². The Bertz CT molecular complexity index is 375. The third kappa shape index (κ3) is 6.11. The van der Waals surface area contributed by atoms with Crippen LogP contribution in [-0.2, 0) is 36.8 Å². The van der Waals surface area contributed by atoms with Crippen molar-refractivity contribution >= 4 is 21.2 Å². The molecule has 0 amide bonds. The van der Waals surface area contributed by atoms with Crippen LogP contribution in [0.4, 0.5) is 0 Å². The minimum absolute atomic E-state index is 0.0627. The molecule has 0 rings (SSSR count). The van der Waals surface area contributed by atoms with Crippen LogP contribution in [0.25, 0.3) is 0 Å². The SMILES string of the molecule is CCOP(=O)(OCC)C(CC(=O)OC)P(=O)(OCC)OCC. The first-order valence-corrected chi connectivity index (χ1v) is 10.4. The number of hydrogen-bond donors (Lipinski definition) is 0. The minimum Gasteiger partial charge on any atom is -0.469 e. The average molecular weight is 360 g/mol. The summed E-state index contributed by atoms with van der Waals surface area (Å²) in [6.07, 6.45) is -0.453. The highest BCUT2D eigenvalue weighted by Gasteiger charge is 2.52. The van der Waals surface area contributed by atoms with Crippen molar-refractivity contribution in [3.8, 4) is 0 Å². The maximum Gasteiger partial charge on any atom is 0.346 e. The molecule has 0 aliphatic heterocycles. The van der Waals surface area contributed by atoms with Gasteiger partial charge in [-0.3, -0.25) is 13.9 Å². The van der Waals surface area contributed by atoms with Gasteiger partial charge >= 0.3 is 21.2 Å². The van der Waals surface area contributed by atoms with Gasteiger partial charge in [0.1, 0.15) is 0 Å². The second-order valence-corrected chi connectivity index (χ2v) is 8.86. The number of methoxy groups -OCH3 is 1. The van der Waals surface area contributed by atoms with Crippen molar-refractivity contribution in [2.45, 2.75) is 39.5 Å². The van der Waals surface area contributed by atoms with E-state index in [0.717, 1.165) is 0 Å². The Kier molecular flexibility index (Phi) is 10.4. The van der Waals surface area contributed by atoms with Crippen LogP contribution >= 0.6 is 15.2 Å². The van der Waals surface area contributed by atoms with Gasteiger partial charge in [0.05, 0.1) is 40.0 Å². The van der Waals surface area contributed by atoms with Crippen LogP contribution in [0.2, 0.25) is 0 Å². The summed E-state index contributed by atoms with van der Waals surface area (Å²) in [5.41, 5.74) is 0. The van der Waals surface area contributed by atoms with E-state index in [-0.39, 0.29) is 26.4 Å². The molecular weight excluding hydrogens is 334 g/mol. The third-order valence-corrected chi connectivity index (χ3v) is 8.54. The molecule has 0 unspecified atom stereocenters. The van der Waals surface area contributed by atoms with Gasteiger partial charge in [-0.1, -0.05) is 0 Å². The van der Waals surface area contributed by atoms with Crippen LogP contribution in [0.15, 0.2) is 0 Å². The van der Waals surface area contributed by atoms with Crippen molar-refractivity contribution in [1.29, 1.82) is 0 Å². The second kappa shape index (κ2) is 10.5. The van der Waals surface area contributed by atoms with Gasteiger partial charge < -0.3 is 22.8 Å². The van der Waals surface area contributed by atoms with Gasteiger partial charge in [0.15, 0.2) is 5.40 Å². The molecule has 0 N–H and O–H groups in total. The van der Waals surface area contributed by atoms with E-state index in [4.69, 9.17) is 18.1 Å². The topological polar surface area (TPSA) is 97.4 Å². The molecule has 0 aromatic carbocycles. The summed E-state index contributed by atoms with van der Waals surface area (Å²) >= 11 is 0. The Morgan fingerprint density at radius 3 is 1.36 bits per heavy atom. The van der Waals surface area contributed by atoms with E-state index in [1.54, 1.807) is 27.7 Å². The Morgan fingerprint density at radius 2 is 1.14 bits per heavy atom. The standard InChI is InChI=1S/C12H26O8P2/c1-6-17-21(14,18-7-2)12(10-11(13)16-5)22(15,19-8-3)20-9-4/h12H,6-10H2,1-5H3. The average Bonchev–Trinajstić information content (AvgIpc) is 2.45. The Balaban J connectivity index is 5.80. The molecule has 0 aromatic heterocycles. The predicted molar refractivity (Wildman–Crippen MR) is 82.1 cm³/mol. The van der Waals surface area contributed by atoms with Gasteiger partial charge in [-0.15, -0.1) is 0 Å². The van der Waals surface area contributed by atoms with Crippen LogP contribution in [0.1, 0.15) is 34.1 Å². The van der Waals surface area contributed by atoms with Gasteiger partial charge in [0, 0.05) is 0 Å². The molecule has 10 heteroatoms. The molecule has 0 bridgehead atoms. The molecule has 0 aliphatic carbocycles. The summed E-state index contributed by atoms with van der Waals surface area (Å²) < 4.78 is 51.4. The van der Waals surface area contributed by atoms with E-state index in [9.17, 15) is 13.9 Å². The maximum atomic E-state index is 13.0. The lowest BCUT2D eigenvalue weighted by atomic mass is 10.5. The summed E-state index contributed by atoms with van der Waals surface area (Å²) in [5.74, 6) is -0.704. The van der Waals surface area contributed by atoms with Gasteiger partial charge in [-0.25, -0.2) is 0 Å². The van der Waals surface area contributed by atoms with Crippen LogP contribution < -0.4 is 0 Å². The molecule has 0 aromatic rings. The highest BCUT2D eigenvalue weighted by molar-refractivity contribution is 7.72. The van der Waals surface area contributed by atoms with Crippen molar-refractivity contribution in [3.63, 3.8) is 0 Å². The highest BCUT2D eigenvalue weighted by Crippen LogP contribution is 2.71. The Hall–Kier alpha value is -0.230. The molecule has 132 valence electrons. The molecule has 22 heavy (non-hydrogen) atoms. The Labute approximate surface area is 131 Å². The van der Waals surface area contributed by atoms with Crippen molar-refractivity contribution in [2.24, 2.45) is 0 Å². The zero-order valence-corrected chi connectivity index (χ0v) is 15.6. The number of carbonyl (C=O) groups excluding carboxylic acids is 1. The third-order valence-electron chi connectivity index (χ3n) is 2.54. The zero-order chi connectivity index (χ0) is 17.2. The summed E-state index contributed by atoms with van der Waals surface area (Å²) in [7, 11) is -6.60. The van der Waals surface area contributed by atoms with Crippen molar-refractivity contribution in [1.82, 2.24) is 0 Å². The van der Waals surface area contributed by atoms with E-state index >= 15 is 0 Å². The summed E-state index contributed by atoms with van der Waals surface area (Å²) in [4.78, 5) is 11.6. The number of rotatable bonds is 12. The lowest BCUT2D eigenvalue weighted by Gasteiger charge is -2.30. The molecule has 0 spiro atoms. The van der Waals surface area contributed by atoms with Crippen molar-refractivity contribution in [2.75, 3.05) is 33.5 Å². The molecule has 8 nitrogen and oxygen atoms in total. The van der Waals surface area contributed by atoms with E-state index < -0.39 is 33.0 Å². The number of ether oxygens (including phenoxy) is 1. The summed E-state index contributed by atoms with van der Waals surface area (Å²) in [5, 5.41) is -1.37. The fourth-order valence-corrected chi connectivity index (χ4v) is 6.98. The smallest absolute Gasteiger partial charge is 0.346 e. The highest BCUT2D eigenvalue weighted by atomic mass is 31.2. The van der Waals surface area contributed by atoms with Gasteiger partial charge in [-0.05, 0) is 27.7 Å². The minimum atomic E-state index is -3.89. The molecule has 0 saturated carbocycles. The molecule has 0 atom stereocenters. The molecule has 0 aliphatic rings. The monoisotopic (exact) mass is 360 g/mol. The van der Waals surface area contributed by atoms with Crippen molar-refractivity contribution in [3.05, 3.63) is 0 Å². The first-order chi connectivity index (χ1) is 10.3. The molecular formula is C12H26O8P2. The number of hydrogen-bond acceptors (Lipinski definition) is 8. The Morgan fingerprint density at radius 1 is 0.818 bits per heavy atom. The van der Waals surface area contributed by atoms with Crippen LogP contribution in [-0.4, -0.2) is 44.9 Å². The van der Waals surface area contributed by atoms with Crippen LogP contribution in [0.5, 0.6) is 0 Å². The van der Waals surface area contributed by atoms with Crippen LogP contribution in [0, 0.1) is 0 Å². The van der Waals surface area contributed by atoms with Gasteiger partial charge in [0.2, 0.25) is 0 Å². The predicted octanol–water partition coefficient (Wildman–Crippen LogP) is 3.41. The van der Waals surface area contributed by atoms with Crippen molar-refractivity contribution < 1.29 is 36.8 Å². The molecule has 0 saturated heterocycles. The van der Waals surface area contributed by atoms with E-state index in [1.807, 2.05) is 0 Å². The van der Waals surface area contributed by atoms with Crippen LogP contribution in [0.3, 0.4) is 0 Å². The molecule has 0 radical (unpaired) electrons. The lowest BCUT2D eigenvalue weighted by molar-refractivity contribution is -0.140. The van der Waals surface area contributed by atoms with E-state index in [1.165, 1.54) is 7.11 Å². The zero-order valence-electron chi connectivity index (χ0n) is 13.8. The first-order valence-electron chi connectivity index (χ1n) is 7.17. The quantitative estimate of drug-likeness (QED) is 0.386. The maximum absolute atomic E-state index is 13.0. The lowest BCUT2D eigenvalue weighted by Crippen LogP contribution is -2.21. The van der Waals surface area contributed by atoms with Gasteiger partial charge in [-0.2, -0.15) is 0 Å². The number of esters is 1.